The summed E-state index contributed by atoms with van der Waals surface area (Å²) in [6, 6.07) is 6.21. The second kappa shape index (κ2) is 5.21. The van der Waals surface area contributed by atoms with Crippen molar-refractivity contribution in [2.75, 3.05) is 6.54 Å². The fourth-order valence-electron chi connectivity index (χ4n) is 3.22. The third-order valence-corrected chi connectivity index (χ3v) is 4.81. The Labute approximate surface area is 135 Å². The minimum atomic E-state index is 0.498. The maximum Gasteiger partial charge on any atom is 0.145 e. The zero-order chi connectivity index (χ0) is 15.3. The summed E-state index contributed by atoms with van der Waals surface area (Å²) in [6.45, 7) is 5.38. The highest BCUT2D eigenvalue weighted by Crippen LogP contribution is 2.39. The smallest absolute Gasteiger partial charge is 0.145 e. The van der Waals surface area contributed by atoms with E-state index in [1.54, 1.807) is 6.07 Å². The predicted molar refractivity (Wildman–Crippen MR) is 88.4 cm³/mol. The van der Waals surface area contributed by atoms with Crippen LogP contribution in [0.1, 0.15) is 32.4 Å². The molecule has 2 aliphatic heterocycles. The van der Waals surface area contributed by atoms with Crippen LogP contribution in [-0.4, -0.2) is 33.3 Å². The van der Waals surface area contributed by atoms with Gasteiger partial charge >= 0.3 is 0 Å². The molecule has 22 heavy (non-hydrogen) atoms. The highest BCUT2D eigenvalue weighted by molar-refractivity contribution is 6.29. The average Bonchev–Trinajstić information content (AvgIpc) is 3.26. The minimum absolute atomic E-state index is 0.498. The molecule has 3 aliphatic rings. The Balaban J connectivity index is 1.64. The lowest BCUT2D eigenvalue weighted by atomic mass is 10.2. The van der Waals surface area contributed by atoms with Gasteiger partial charge in [-0.15, -0.1) is 0 Å². The Hall–Kier alpha value is -1.65. The second-order valence-electron chi connectivity index (χ2n) is 6.20. The molecule has 1 saturated carbocycles. The Bertz CT molecular complexity index is 702. The number of aromatic nitrogens is 1. The maximum absolute atomic E-state index is 6.00. The Morgan fingerprint density at radius 2 is 2.14 bits per heavy atom. The highest BCUT2D eigenvalue weighted by Gasteiger charge is 2.38. The van der Waals surface area contributed by atoms with Gasteiger partial charge in [0.2, 0.25) is 0 Å². The number of aliphatic imine (C=N–C) groups is 1. The van der Waals surface area contributed by atoms with Crippen LogP contribution in [0.4, 0.5) is 0 Å². The molecule has 4 rings (SSSR count). The molecule has 114 valence electrons. The highest BCUT2D eigenvalue weighted by atomic mass is 35.5. The molecule has 1 aromatic rings. The van der Waals surface area contributed by atoms with E-state index >= 15 is 0 Å². The van der Waals surface area contributed by atoms with Crippen LogP contribution in [0.5, 0.6) is 0 Å². The van der Waals surface area contributed by atoms with Crippen LogP contribution in [0.3, 0.4) is 0 Å². The number of halogens is 1. The van der Waals surface area contributed by atoms with Crippen LogP contribution in [-0.2, 0) is 0 Å². The molecule has 3 heterocycles. The first-order valence-corrected chi connectivity index (χ1v) is 8.18. The van der Waals surface area contributed by atoms with Crippen LogP contribution >= 0.6 is 11.6 Å². The van der Waals surface area contributed by atoms with E-state index < -0.39 is 0 Å². The molecule has 4 nitrogen and oxygen atoms in total. The number of hydrogen-bond acceptors (Lipinski definition) is 4. The first kappa shape index (κ1) is 14.0. The molecule has 0 N–H and O–H groups in total. The normalized spacial score (nSPS) is 22.9. The summed E-state index contributed by atoms with van der Waals surface area (Å²) in [4.78, 5) is 9.15. The molecular formula is C17H19ClN4. The van der Waals surface area contributed by atoms with Gasteiger partial charge in [0.05, 0.1) is 11.4 Å². The van der Waals surface area contributed by atoms with Gasteiger partial charge in [0.15, 0.2) is 0 Å². The van der Waals surface area contributed by atoms with Crippen LogP contribution in [0.2, 0.25) is 5.15 Å². The third kappa shape index (κ3) is 2.36. The summed E-state index contributed by atoms with van der Waals surface area (Å²) in [5.74, 6) is 1.84. The van der Waals surface area contributed by atoms with E-state index in [0.29, 0.717) is 11.2 Å². The first-order valence-electron chi connectivity index (χ1n) is 7.80. The SMILES string of the molecule is CC1=CC(c2cccc(Cl)n2)=NC2=CCN([C@@H](C)C3CC3)N12. The van der Waals surface area contributed by atoms with E-state index in [2.05, 4.69) is 41.0 Å². The zero-order valence-electron chi connectivity index (χ0n) is 12.8. The van der Waals surface area contributed by atoms with E-state index in [1.807, 2.05) is 12.1 Å². The second-order valence-corrected chi connectivity index (χ2v) is 6.59. The number of fused-ring (bicyclic) bond motifs is 1. The number of nitrogens with zero attached hydrogens (tertiary/aromatic N) is 4. The molecule has 0 aromatic carbocycles. The van der Waals surface area contributed by atoms with Gasteiger partial charge in [-0.1, -0.05) is 17.7 Å². The standard InChI is InChI=1S/C17H19ClN4/c1-11-10-15(14-4-3-5-16(18)19-14)20-17-8-9-21(22(11)17)12(2)13-6-7-13/h3-5,8,10,12-13H,6-7,9H2,1-2H3/t12-/m0/s1. The summed E-state index contributed by atoms with van der Waals surface area (Å²) >= 11 is 6.00. The van der Waals surface area contributed by atoms with Gasteiger partial charge in [0.1, 0.15) is 11.0 Å². The van der Waals surface area contributed by atoms with Crippen LogP contribution in [0.25, 0.3) is 0 Å². The molecule has 0 unspecified atom stereocenters. The van der Waals surface area contributed by atoms with Gasteiger partial charge in [-0.05, 0) is 56.9 Å². The van der Waals surface area contributed by atoms with E-state index in [0.717, 1.165) is 29.7 Å². The quantitative estimate of drug-likeness (QED) is 0.799. The van der Waals surface area contributed by atoms with Crippen molar-refractivity contribution in [3.8, 4) is 0 Å². The van der Waals surface area contributed by atoms with Crippen molar-refractivity contribution in [1.82, 2.24) is 15.0 Å². The molecule has 0 saturated heterocycles. The summed E-state index contributed by atoms with van der Waals surface area (Å²) in [7, 11) is 0. The van der Waals surface area contributed by atoms with Crippen molar-refractivity contribution >= 4 is 17.3 Å². The molecule has 1 atom stereocenters. The fourth-order valence-corrected chi connectivity index (χ4v) is 3.38. The van der Waals surface area contributed by atoms with Crippen molar-refractivity contribution < 1.29 is 0 Å². The van der Waals surface area contributed by atoms with Gasteiger partial charge in [-0.3, -0.25) is 5.01 Å². The number of pyridine rings is 1. The maximum atomic E-state index is 6.00. The van der Waals surface area contributed by atoms with Crippen molar-refractivity contribution in [2.45, 2.75) is 32.7 Å². The first-order chi connectivity index (χ1) is 10.6. The predicted octanol–water partition coefficient (Wildman–Crippen LogP) is 3.61. The fraction of sp³-hybridized carbons (Fsp3) is 0.412. The third-order valence-electron chi connectivity index (χ3n) is 4.60. The van der Waals surface area contributed by atoms with Gasteiger partial charge < -0.3 is 0 Å². The van der Waals surface area contributed by atoms with Gasteiger partial charge in [-0.25, -0.2) is 15.0 Å². The van der Waals surface area contributed by atoms with E-state index in [-0.39, 0.29) is 0 Å². The molecular weight excluding hydrogens is 296 g/mol. The van der Waals surface area contributed by atoms with Crippen LogP contribution in [0, 0.1) is 5.92 Å². The van der Waals surface area contributed by atoms with Gasteiger partial charge in [-0.2, -0.15) is 0 Å². The summed E-state index contributed by atoms with van der Waals surface area (Å²) in [6.07, 6.45) is 6.99. The summed E-state index contributed by atoms with van der Waals surface area (Å²) in [5.41, 5.74) is 2.88. The molecule has 0 spiro atoms. The van der Waals surface area contributed by atoms with E-state index in [1.165, 1.54) is 18.5 Å². The number of allylic oxidation sites excluding steroid dienone is 2. The Morgan fingerprint density at radius 1 is 1.32 bits per heavy atom. The lowest BCUT2D eigenvalue weighted by Gasteiger charge is -2.37. The van der Waals surface area contributed by atoms with Gasteiger partial charge in [0.25, 0.3) is 0 Å². The molecule has 0 radical (unpaired) electrons. The van der Waals surface area contributed by atoms with Crippen molar-refractivity contribution in [2.24, 2.45) is 10.9 Å². The molecule has 1 aliphatic carbocycles. The molecule has 5 heteroatoms. The largest absolute Gasteiger partial charge is 0.261 e. The van der Waals surface area contributed by atoms with Crippen molar-refractivity contribution in [3.05, 3.63) is 52.7 Å². The lowest BCUT2D eigenvalue weighted by molar-refractivity contribution is 0.0236. The Kier molecular flexibility index (Phi) is 3.31. The van der Waals surface area contributed by atoms with Crippen LogP contribution in [0.15, 0.2) is 46.9 Å². The monoisotopic (exact) mass is 314 g/mol. The van der Waals surface area contributed by atoms with Crippen molar-refractivity contribution in [3.63, 3.8) is 0 Å². The van der Waals surface area contributed by atoms with Crippen molar-refractivity contribution in [1.29, 1.82) is 0 Å². The number of hydrogen-bond donors (Lipinski definition) is 0. The van der Waals surface area contributed by atoms with Crippen LogP contribution < -0.4 is 0 Å². The van der Waals surface area contributed by atoms with E-state index in [9.17, 15) is 0 Å². The van der Waals surface area contributed by atoms with E-state index in [4.69, 9.17) is 16.6 Å². The zero-order valence-corrected chi connectivity index (χ0v) is 13.6. The van der Waals surface area contributed by atoms with Gasteiger partial charge in [0, 0.05) is 18.3 Å². The number of rotatable bonds is 3. The molecule has 0 amide bonds. The number of hydrazine groups is 1. The summed E-state index contributed by atoms with van der Waals surface area (Å²) in [5, 5.41) is 5.17. The lowest BCUT2D eigenvalue weighted by Crippen LogP contribution is -2.44. The molecule has 1 aromatic heterocycles. The topological polar surface area (TPSA) is 31.7 Å². The molecule has 1 fully saturated rings. The average molecular weight is 315 g/mol. The Morgan fingerprint density at radius 3 is 2.86 bits per heavy atom. The molecule has 0 bridgehead atoms. The minimum Gasteiger partial charge on any atom is -0.261 e. The summed E-state index contributed by atoms with van der Waals surface area (Å²) < 4.78 is 0.